The Morgan fingerprint density at radius 1 is 1.32 bits per heavy atom. The zero-order valence-electron chi connectivity index (χ0n) is 13.4. The molecular weight excluding hydrogens is 335 g/mol. The Morgan fingerprint density at radius 2 is 2.08 bits per heavy atom. The molecule has 0 bridgehead atoms. The third-order valence-electron chi connectivity index (χ3n) is 4.10. The fourth-order valence-electron chi connectivity index (χ4n) is 2.71. The number of nitrogens with one attached hydrogen (secondary N) is 1. The van der Waals surface area contributed by atoms with Crippen LogP contribution in [-0.2, 0) is 24.3 Å². The van der Waals surface area contributed by atoms with Gasteiger partial charge < -0.3 is 14.6 Å². The van der Waals surface area contributed by atoms with E-state index >= 15 is 0 Å². The number of carbonyl (C=O) groups is 1. The van der Waals surface area contributed by atoms with Crippen molar-refractivity contribution in [3.8, 4) is 0 Å². The highest BCUT2D eigenvalue weighted by Crippen LogP contribution is 2.28. The predicted octanol–water partition coefficient (Wildman–Crippen LogP) is 2.56. The van der Waals surface area contributed by atoms with Gasteiger partial charge in [0.15, 0.2) is 0 Å². The maximum atomic E-state index is 13.3. The third kappa shape index (κ3) is 4.39. The highest BCUT2D eigenvalue weighted by Gasteiger charge is 2.39. The van der Waals surface area contributed by atoms with Gasteiger partial charge in [0.25, 0.3) is 5.91 Å². The van der Waals surface area contributed by atoms with Gasteiger partial charge in [-0.25, -0.2) is 4.98 Å². The van der Waals surface area contributed by atoms with Crippen molar-refractivity contribution < 1.29 is 22.7 Å². The van der Waals surface area contributed by atoms with Crippen molar-refractivity contribution >= 4 is 5.91 Å². The van der Waals surface area contributed by atoms with Gasteiger partial charge >= 0.3 is 6.18 Å². The Labute approximate surface area is 142 Å². The second kappa shape index (κ2) is 7.26. The van der Waals surface area contributed by atoms with E-state index < -0.39 is 24.5 Å². The third-order valence-corrected chi connectivity index (χ3v) is 4.10. The van der Waals surface area contributed by atoms with Crippen LogP contribution in [0.4, 0.5) is 13.2 Å². The first-order chi connectivity index (χ1) is 11.9. The molecular formula is C17H18F3N3O2. The molecule has 0 aliphatic carbocycles. The molecule has 3 rings (SSSR count). The molecule has 25 heavy (non-hydrogen) atoms. The molecule has 1 unspecified atom stereocenters. The first-order valence-corrected chi connectivity index (χ1v) is 7.96. The fraction of sp³-hybridized carbons (Fsp3) is 0.412. The number of benzene rings is 1. The predicted molar refractivity (Wildman–Crippen MR) is 83.9 cm³/mol. The van der Waals surface area contributed by atoms with Crippen LogP contribution in [-0.4, -0.2) is 34.8 Å². The normalized spacial score (nSPS) is 15.5. The molecule has 1 aromatic carbocycles. The van der Waals surface area contributed by atoms with Crippen LogP contribution < -0.4 is 5.32 Å². The average molecular weight is 353 g/mol. The van der Waals surface area contributed by atoms with Gasteiger partial charge in [0, 0.05) is 19.3 Å². The van der Waals surface area contributed by atoms with Crippen molar-refractivity contribution in [2.75, 3.05) is 13.2 Å². The molecule has 5 nitrogen and oxygen atoms in total. The molecule has 1 aliphatic rings. The molecule has 1 atom stereocenters. The summed E-state index contributed by atoms with van der Waals surface area (Å²) in [5, 5.41) is 2.36. The number of fused-ring (bicyclic) bond motifs is 1. The van der Waals surface area contributed by atoms with Crippen LogP contribution in [0, 0.1) is 5.92 Å². The first kappa shape index (κ1) is 17.5. The van der Waals surface area contributed by atoms with E-state index in [0.717, 1.165) is 0 Å². The second-order valence-corrected chi connectivity index (χ2v) is 5.93. The molecule has 1 N–H and O–H groups in total. The lowest BCUT2D eigenvalue weighted by Gasteiger charge is -2.20. The Balaban J connectivity index is 1.64. The van der Waals surface area contributed by atoms with Crippen molar-refractivity contribution in [3.05, 3.63) is 53.6 Å². The number of hydrogen-bond acceptors (Lipinski definition) is 3. The van der Waals surface area contributed by atoms with Crippen LogP contribution in [0.25, 0.3) is 0 Å². The largest absolute Gasteiger partial charge is 0.393 e. The van der Waals surface area contributed by atoms with E-state index in [1.54, 1.807) is 41.1 Å². The topological polar surface area (TPSA) is 56.2 Å². The summed E-state index contributed by atoms with van der Waals surface area (Å²) in [5.41, 5.74) is 0.690. The van der Waals surface area contributed by atoms with Crippen LogP contribution in [0.3, 0.4) is 0 Å². The number of rotatable bonds is 5. The summed E-state index contributed by atoms with van der Waals surface area (Å²) in [4.78, 5) is 16.3. The van der Waals surface area contributed by atoms with Gasteiger partial charge in [0.05, 0.1) is 12.5 Å². The van der Waals surface area contributed by atoms with Crippen molar-refractivity contribution in [3.63, 3.8) is 0 Å². The van der Waals surface area contributed by atoms with Crippen molar-refractivity contribution in [1.29, 1.82) is 0 Å². The zero-order chi connectivity index (χ0) is 17.9. The van der Waals surface area contributed by atoms with Crippen molar-refractivity contribution in [2.24, 2.45) is 5.92 Å². The lowest BCUT2D eigenvalue weighted by molar-refractivity contribution is -0.172. The minimum Gasteiger partial charge on any atom is -0.372 e. The van der Waals surface area contributed by atoms with Gasteiger partial charge in [-0.2, -0.15) is 13.2 Å². The minimum atomic E-state index is -4.40. The first-order valence-electron chi connectivity index (χ1n) is 7.96. The molecule has 0 radical (unpaired) electrons. The SMILES string of the molecule is O=C(NCC(Cc1ccccc1)C(F)(F)F)c1cn2c(n1)COCC2. The average Bonchev–Trinajstić information content (AvgIpc) is 3.02. The summed E-state index contributed by atoms with van der Waals surface area (Å²) in [6.45, 7) is 0.912. The van der Waals surface area contributed by atoms with Gasteiger partial charge in [-0.15, -0.1) is 0 Å². The van der Waals surface area contributed by atoms with Crippen LogP contribution in [0.15, 0.2) is 36.5 Å². The van der Waals surface area contributed by atoms with E-state index in [4.69, 9.17) is 4.74 Å². The van der Waals surface area contributed by atoms with E-state index in [1.165, 1.54) is 0 Å². The van der Waals surface area contributed by atoms with Gasteiger partial charge in [0.2, 0.25) is 0 Å². The smallest absolute Gasteiger partial charge is 0.372 e. The second-order valence-electron chi connectivity index (χ2n) is 5.93. The van der Waals surface area contributed by atoms with E-state index in [0.29, 0.717) is 31.1 Å². The quantitative estimate of drug-likeness (QED) is 0.899. The molecule has 2 heterocycles. The number of halogens is 3. The highest BCUT2D eigenvalue weighted by atomic mass is 19.4. The Bertz CT molecular complexity index is 705. The maximum Gasteiger partial charge on any atom is 0.393 e. The van der Waals surface area contributed by atoms with Crippen LogP contribution in [0.5, 0.6) is 0 Å². The monoisotopic (exact) mass is 353 g/mol. The van der Waals surface area contributed by atoms with Gasteiger partial charge in [-0.3, -0.25) is 4.79 Å². The van der Waals surface area contributed by atoms with Crippen LogP contribution in [0.2, 0.25) is 0 Å². The molecule has 0 fully saturated rings. The maximum absolute atomic E-state index is 13.3. The molecule has 1 aliphatic heterocycles. The van der Waals surface area contributed by atoms with E-state index in [9.17, 15) is 18.0 Å². The highest BCUT2D eigenvalue weighted by molar-refractivity contribution is 5.92. The summed E-state index contributed by atoms with van der Waals surface area (Å²) in [6, 6.07) is 8.42. The number of aromatic nitrogens is 2. The Kier molecular flexibility index (Phi) is 5.08. The number of amides is 1. The molecule has 0 spiro atoms. The zero-order valence-corrected chi connectivity index (χ0v) is 13.4. The number of ether oxygens (including phenoxy) is 1. The van der Waals surface area contributed by atoms with E-state index in [2.05, 4.69) is 10.3 Å². The lowest BCUT2D eigenvalue weighted by atomic mass is 9.98. The standard InChI is InChI=1S/C17H18F3N3O2/c18-17(19,20)13(8-12-4-2-1-3-5-12)9-21-16(24)14-10-23-6-7-25-11-15(23)22-14/h1-5,10,13H,6-9,11H2,(H,21,24). The molecule has 0 saturated carbocycles. The number of hydrogen-bond donors (Lipinski definition) is 1. The van der Waals surface area contributed by atoms with E-state index in [-0.39, 0.29) is 12.1 Å². The number of nitrogens with zero attached hydrogens (tertiary/aromatic N) is 2. The molecule has 134 valence electrons. The lowest BCUT2D eigenvalue weighted by Crippen LogP contribution is -2.38. The fourth-order valence-corrected chi connectivity index (χ4v) is 2.71. The van der Waals surface area contributed by atoms with Crippen LogP contribution >= 0.6 is 0 Å². The Hall–Kier alpha value is -2.35. The number of imidazole rings is 1. The van der Waals surface area contributed by atoms with Gasteiger partial charge in [-0.1, -0.05) is 30.3 Å². The summed E-state index contributed by atoms with van der Waals surface area (Å²) < 4.78 is 46.8. The van der Waals surface area contributed by atoms with Gasteiger partial charge in [0.1, 0.15) is 18.1 Å². The Morgan fingerprint density at radius 3 is 2.76 bits per heavy atom. The molecule has 2 aromatic rings. The number of alkyl halides is 3. The van der Waals surface area contributed by atoms with Crippen LogP contribution in [0.1, 0.15) is 21.9 Å². The summed E-state index contributed by atoms with van der Waals surface area (Å²) in [5.74, 6) is -1.66. The van der Waals surface area contributed by atoms with Crippen molar-refractivity contribution in [2.45, 2.75) is 25.7 Å². The van der Waals surface area contributed by atoms with E-state index in [1.807, 2.05) is 0 Å². The van der Waals surface area contributed by atoms with Gasteiger partial charge in [-0.05, 0) is 12.0 Å². The van der Waals surface area contributed by atoms with Crippen molar-refractivity contribution in [1.82, 2.24) is 14.9 Å². The summed E-state index contributed by atoms with van der Waals surface area (Å²) in [6.07, 6.45) is -3.03. The number of carbonyl (C=O) groups excluding carboxylic acids is 1. The summed E-state index contributed by atoms with van der Waals surface area (Å²) >= 11 is 0. The molecule has 0 saturated heterocycles. The minimum absolute atomic E-state index is 0.112. The molecule has 8 heteroatoms. The summed E-state index contributed by atoms with van der Waals surface area (Å²) in [7, 11) is 0. The molecule has 1 amide bonds. The molecule has 1 aromatic heterocycles.